The van der Waals surface area contributed by atoms with E-state index in [-0.39, 0.29) is 30.0 Å². The van der Waals surface area contributed by atoms with Crippen LogP contribution in [0, 0.1) is 0 Å². The second kappa shape index (κ2) is 7.17. The van der Waals surface area contributed by atoms with Crippen LogP contribution in [0.5, 0.6) is 0 Å². The largest absolute Gasteiger partial charge is 0.350 e. The third-order valence-corrected chi connectivity index (χ3v) is 6.20. The fourth-order valence-corrected chi connectivity index (χ4v) is 4.99. The molecule has 0 saturated carbocycles. The molecule has 8 heteroatoms. The molecular formula is C14H18Cl2N2O3S. The van der Waals surface area contributed by atoms with Gasteiger partial charge in [-0.2, -0.15) is 0 Å². The van der Waals surface area contributed by atoms with E-state index < -0.39 is 21.3 Å². The number of alkyl halides is 1. The van der Waals surface area contributed by atoms with Gasteiger partial charge in [-0.1, -0.05) is 23.7 Å². The number of hydrogen-bond donors (Lipinski definition) is 2. The van der Waals surface area contributed by atoms with Crippen LogP contribution in [-0.4, -0.2) is 43.8 Å². The van der Waals surface area contributed by atoms with Crippen LogP contribution in [-0.2, 0) is 14.6 Å². The van der Waals surface area contributed by atoms with Gasteiger partial charge in [-0.05, 0) is 24.6 Å². The Labute approximate surface area is 140 Å². The van der Waals surface area contributed by atoms with E-state index in [1.54, 1.807) is 12.1 Å². The van der Waals surface area contributed by atoms with Crippen LogP contribution < -0.4 is 10.6 Å². The number of hydrogen-bond acceptors (Lipinski definition) is 4. The Morgan fingerprint density at radius 3 is 2.50 bits per heavy atom. The van der Waals surface area contributed by atoms with Gasteiger partial charge in [-0.25, -0.2) is 8.42 Å². The van der Waals surface area contributed by atoms with Crippen molar-refractivity contribution in [2.75, 3.05) is 18.1 Å². The van der Waals surface area contributed by atoms with Crippen molar-refractivity contribution in [1.82, 2.24) is 10.6 Å². The van der Waals surface area contributed by atoms with Crippen LogP contribution in [0.4, 0.5) is 0 Å². The average Bonchev–Trinajstić information content (AvgIpc) is 2.69. The molecule has 1 amide bonds. The summed E-state index contributed by atoms with van der Waals surface area (Å²) in [7, 11) is -3.15. The monoisotopic (exact) mass is 364 g/mol. The maximum atomic E-state index is 11.9. The molecule has 2 N–H and O–H groups in total. The van der Waals surface area contributed by atoms with Gasteiger partial charge >= 0.3 is 0 Å². The highest BCUT2D eigenvalue weighted by atomic mass is 35.5. The number of carbonyl (C=O) groups is 1. The lowest BCUT2D eigenvalue weighted by Crippen LogP contribution is -2.44. The van der Waals surface area contributed by atoms with Gasteiger partial charge in [0.1, 0.15) is 0 Å². The molecule has 0 bridgehead atoms. The zero-order valence-electron chi connectivity index (χ0n) is 12.1. The Bertz CT molecular complexity index is 634. The molecule has 0 spiro atoms. The summed E-state index contributed by atoms with van der Waals surface area (Å²) in [4.78, 5) is 11.9. The average molecular weight is 365 g/mol. The van der Waals surface area contributed by atoms with Crippen molar-refractivity contribution < 1.29 is 13.2 Å². The molecule has 1 aliphatic heterocycles. The number of halogens is 2. The van der Waals surface area contributed by atoms with Crippen molar-refractivity contribution in [3.63, 3.8) is 0 Å². The van der Waals surface area contributed by atoms with Gasteiger partial charge in [-0.3, -0.25) is 4.79 Å². The summed E-state index contributed by atoms with van der Waals surface area (Å²) in [5.41, 5.74) is 1.01. The maximum Gasteiger partial charge on any atom is 0.234 e. The molecule has 1 saturated heterocycles. The minimum absolute atomic E-state index is 0.0258. The first-order valence-corrected chi connectivity index (χ1v) is 9.53. The van der Waals surface area contributed by atoms with E-state index in [4.69, 9.17) is 23.2 Å². The molecular weight excluding hydrogens is 347 g/mol. The Balaban J connectivity index is 1.81. The van der Waals surface area contributed by atoms with Crippen molar-refractivity contribution in [1.29, 1.82) is 0 Å². The molecule has 1 aromatic rings. The van der Waals surface area contributed by atoms with Crippen LogP contribution in [0.3, 0.4) is 0 Å². The molecule has 0 aromatic heterocycles. The number of amides is 1. The minimum Gasteiger partial charge on any atom is -0.350 e. The van der Waals surface area contributed by atoms with Crippen LogP contribution in [0.2, 0.25) is 5.02 Å². The van der Waals surface area contributed by atoms with Crippen LogP contribution in [0.25, 0.3) is 0 Å². The van der Waals surface area contributed by atoms with Gasteiger partial charge in [0.15, 0.2) is 9.84 Å². The van der Waals surface area contributed by atoms with Gasteiger partial charge in [0, 0.05) is 11.1 Å². The molecule has 122 valence electrons. The van der Waals surface area contributed by atoms with Crippen molar-refractivity contribution >= 4 is 38.9 Å². The smallest absolute Gasteiger partial charge is 0.234 e. The van der Waals surface area contributed by atoms with Gasteiger partial charge in [0.2, 0.25) is 5.91 Å². The number of rotatable bonds is 5. The van der Waals surface area contributed by atoms with Gasteiger partial charge < -0.3 is 10.6 Å². The second-order valence-corrected chi connectivity index (χ2v) is 8.57. The van der Waals surface area contributed by atoms with E-state index in [9.17, 15) is 13.2 Å². The summed E-state index contributed by atoms with van der Waals surface area (Å²) in [5.74, 6) is -0.457. The standard InChI is InChI=1S/C14H18Cl2N2O3S/c1-9(10-2-4-11(15)5-3-10)17-6-14(19)18-13-8-22(20,21)7-12(13)16/h2-5,9,12-13,17H,6-8H2,1H3,(H,18,19)/t9-,12+,13-/m1/s1. The van der Waals surface area contributed by atoms with Gasteiger partial charge in [0.25, 0.3) is 0 Å². The Hall–Kier alpha value is -0.820. The molecule has 1 aliphatic rings. The summed E-state index contributed by atoms with van der Waals surface area (Å²) in [6.45, 7) is 2.02. The lowest BCUT2D eigenvalue weighted by atomic mass is 10.1. The quantitative estimate of drug-likeness (QED) is 0.776. The molecule has 5 nitrogen and oxygen atoms in total. The number of benzene rings is 1. The fourth-order valence-electron chi connectivity index (χ4n) is 2.31. The molecule has 0 unspecified atom stereocenters. The summed E-state index contributed by atoms with van der Waals surface area (Å²) in [6.07, 6.45) is 0. The lowest BCUT2D eigenvalue weighted by Gasteiger charge is -2.17. The highest BCUT2D eigenvalue weighted by Crippen LogP contribution is 2.18. The molecule has 22 heavy (non-hydrogen) atoms. The molecule has 1 aromatic carbocycles. The fraction of sp³-hybridized carbons (Fsp3) is 0.500. The minimum atomic E-state index is -3.15. The Kier molecular flexibility index (Phi) is 5.71. The van der Waals surface area contributed by atoms with Gasteiger partial charge in [-0.15, -0.1) is 11.6 Å². The van der Waals surface area contributed by atoms with Gasteiger partial charge in [0.05, 0.1) is 29.5 Å². The van der Waals surface area contributed by atoms with E-state index in [0.29, 0.717) is 5.02 Å². The predicted octanol–water partition coefficient (Wildman–Crippen LogP) is 1.51. The maximum absolute atomic E-state index is 11.9. The predicted molar refractivity (Wildman–Crippen MR) is 88.1 cm³/mol. The van der Waals surface area contributed by atoms with Crippen molar-refractivity contribution in [2.24, 2.45) is 0 Å². The first kappa shape index (κ1) is 17.5. The first-order chi connectivity index (χ1) is 10.3. The number of nitrogens with one attached hydrogen (secondary N) is 2. The van der Waals surface area contributed by atoms with Crippen LogP contribution >= 0.6 is 23.2 Å². The summed E-state index contributed by atoms with van der Waals surface area (Å²) in [5, 5.41) is 5.84. The highest BCUT2D eigenvalue weighted by Gasteiger charge is 2.37. The van der Waals surface area contributed by atoms with Crippen LogP contribution in [0.1, 0.15) is 18.5 Å². The topological polar surface area (TPSA) is 75.3 Å². The molecule has 2 rings (SSSR count). The number of carbonyl (C=O) groups excluding carboxylic acids is 1. The lowest BCUT2D eigenvalue weighted by molar-refractivity contribution is -0.120. The Morgan fingerprint density at radius 1 is 1.32 bits per heavy atom. The summed E-state index contributed by atoms with van der Waals surface area (Å²) in [6, 6.07) is 6.80. The SMILES string of the molecule is C[C@@H](NCC(=O)N[C@@H]1CS(=O)(=O)C[C@@H]1Cl)c1ccc(Cl)cc1. The van der Waals surface area contributed by atoms with E-state index in [2.05, 4.69) is 10.6 Å². The third kappa shape index (κ3) is 4.84. The zero-order chi connectivity index (χ0) is 16.3. The second-order valence-electron chi connectivity index (χ2n) is 5.42. The normalized spacial score (nSPS) is 24.9. The van der Waals surface area contributed by atoms with Crippen molar-refractivity contribution in [3.05, 3.63) is 34.9 Å². The Morgan fingerprint density at radius 2 is 1.95 bits per heavy atom. The summed E-state index contributed by atoms with van der Waals surface area (Å²) < 4.78 is 22.9. The summed E-state index contributed by atoms with van der Waals surface area (Å²) >= 11 is 11.8. The van der Waals surface area contributed by atoms with E-state index in [1.807, 2.05) is 19.1 Å². The van der Waals surface area contributed by atoms with Crippen molar-refractivity contribution in [2.45, 2.75) is 24.4 Å². The third-order valence-electron chi connectivity index (χ3n) is 3.57. The van der Waals surface area contributed by atoms with E-state index >= 15 is 0 Å². The zero-order valence-corrected chi connectivity index (χ0v) is 14.4. The van der Waals surface area contributed by atoms with Crippen molar-refractivity contribution in [3.8, 4) is 0 Å². The van der Waals surface area contributed by atoms with E-state index in [0.717, 1.165) is 5.56 Å². The molecule has 0 radical (unpaired) electrons. The highest BCUT2D eigenvalue weighted by molar-refractivity contribution is 7.91. The molecule has 1 fully saturated rings. The first-order valence-electron chi connectivity index (χ1n) is 6.89. The molecule has 3 atom stereocenters. The number of sulfone groups is 1. The molecule has 0 aliphatic carbocycles. The van der Waals surface area contributed by atoms with E-state index in [1.165, 1.54) is 0 Å². The molecule has 1 heterocycles. The van der Waals surface area contributed by atoms with Crippen LogP contribution in [0.15, 0.2) is 24.3 Å².